The molecule has 13 nitrogen and oxygen atoms in total. The molecule has 0 spiro atoms. The number of hydrogen-bond acceptors (Lipinski definition) is 10. The summed E-state index contributed by atoms with van der Waals surface area (Å²) in [6, 6.07) is 1.25. The van der Waals surface area contributed by atoms with Gasteiger partial charge in [0.05, 0.1) is 18.9 Å². The molecule has 33 heavy (non-hydrogen) atoms. The molecule has 0 bridgehead atoms. The van der Waals surface area contributed by atoms with Gasteiger partial charge in [-0.05, 0) is 19.9 Å². The van der Waals surface area contributed by atoms with Gasteiger partial charge in [0, 0.05) is 30.1 Å². The third-order valence-corrected chi connectivity index (χ3v) is 6.35. The molecule has 2 aromatic rings. The summed E-state index contributed by atoms with van der Waals surface area (Å²) >= 11 is 0. The molecule has 5 atom stereocenters. The van der Waals surface area contributed by atoms with Crippen molar-refractivity contribution in [1.29, 1.82) is 0 Å². The molecule has 2 aromatic heterocycles. The highest BCUT2D eigenvalue weighted by molar-refractivity contribution is 7.50. The number of halogens is 1. The van der Waals surface area contributed by atoms with E-state index in [1.165, 1.54) is 19.2 Å². The highest BCUT2D eigenvalue weighted by Gasteiger charge is 2.55. The van der Waals surface area contributed by atoms with Crippen molar-refractivity contribution in [3.63, 3.8) is 0 Å². The van der Waals surface area contributed by atoms with Crippen LogP contribution in [0, 0.1) is 6.92 Å². The normalized spacial score (nSPS) is 26.9. The van der Waals surface area contributed by atoms with Crippen molar-refractivity contribution >= 4 is 13.6 Å². The quantitative estimate of drug-likeness (QED) is 0.263. The highest BCUT2D eigenvalue weighted by Crippen LogP contribution is 2.44. The topological polar surface area (TPSA) is 202 Å². The summed E-state index contributed by atoms with van der Waals surface area (Å²) in [7, 11) is -4.53. The second kappa shape index (κ2) is 9.43. The average molecular weight is 489 g/mol. The minimum Gasteiger partial charge on any atom is -0.506 e. The number of pyridine rings is 1. The van der Waals surface area contributed by atoms with E-state index in [4.69, 9.17) is 15.0 Å². The van der Waals surface area contributed by atoms with E-state index in [1.54, 1.807) is 0 Å². The number of aromatic hydroxyl groups is 1. The van der Waals surface area contributed by atoms with Crippen LogP contribution in [-0.4, -0.2) is 59.2 Å². The number of anilines is 1. The van der Waals surface area contributed by atoms with Gasteiger partial charge < -0.3 is 30.7 Å². The smallest absolute Gasteiger partial charge is 0.403 e. The van der Waals surface area contributed by atoms with Crippen LogP contribution in [0.4, 0.5) is 10.2 Å². The summed E-state index contributed by atoms with van der Waals surface area (Å²) in [4.78, 5) is 29.5. The number of ether oxygens (including phenoxy) is 1. The van der Waals surface area contributed by atoms with Gasteiger partial charge in [-0.25, -0.2) is 18.8 Å². The first-order valence-corrected chi connectivity index (χ1v) is 11.3. The summed E-state index contributed by atoms with van der Waals surface area (Å²) in [5.41, 5.74) is 2.69. The first kappa shape index (κ1) is 25.2. The maximum absolute atomic E-state index is 15.2. The number of aliphatic hydroxyl groups excluding tert-OH is 2. The Labute approximate surface area is 187 Å². The minimum absolute atomic E-state index is 0.0812. The Bertz CT molecular complexity index is 1130. The number of nitrogens with zero attached hydrogens (tertiary/aromatic N) is 3. The Kier molecular flexibility index (Phi) is 7.19. The van der Waals surface area contributed by atoms with Gasteiger partial charge in [0.15, 0.2) is 11.9 Å². The predicted octanol–water partition coefficient (Wildman–Crippen LogP) is -0.380. The lowest BCUT2D eigenvalue weighted by Crippen LogP contribution is -2.43. The summed E-state index contributed by atoms with van der Waals surface area (Å²) in [5.74, 6) is -0.343. The average Bonchev–Trinajstić information content (AvgIpc) is 2.97. The fourth-order valence-electron chi connectivity index (χ4n) is 3.37. The lowest BCUT2D eigenvalue weighted by atomic mass is 9.98. The minimum atomic E-state index is -4.53. The van der Waals surface area contributed by atoms with Crippen molar-refractivity contribution in [2.45, 2.75) is 51.1 Å². The van der Waals surface area contributed by atoms with Gasteiger partial charge in [-0.3, -0.25) is 14.1 Å². The van der Waals surface area contributed by atoms with Gasteiger partial charge in [0.2, 0.25) is 0 Å². The zero-order chi connectivity index (χ0) is 24.6. The summed E-state index contributed by atoms with van der Waals surface area (Å²) < 4.78 is 38.8. The second-order valence-corrected chi connectivity index (χ2v) is 9.29. The molecule has 0 aliphatic carbocycles. The molecule has 1 fully saturated rings. The molecule has 1 saturated heterocycles. The van der Waals surface area contributed by atoms with Gasteiger partial charge in [-0.2, -0.15) is 4.98 Å². The van der Waals surface area contributed by atoms with Gasteiger partial charge in [0.1, 0.15) is 23.8 Å². The van der Waals surface area contributed by atoms with Gasteiger partial charge in [0.25, 0.3) is 0 Å². The number of nitrogen functional groups attached to an aromatic ring is 1. The lowest BCUT2D eigenvalue weighted by Gasteiger charge is -2.24. The van der Waals surface area contributed by atoms with Crippen molar-refractivity contribution < 1.29 is 38.4 Å². The number of aliphatic hydroxyl groups is 2. The molecule has 3 rings (SSSR count). The molecule has 15 heteroatoms. The van der Waals surface area contributed by atoms with Crippen LogP contribution in [0.3, 0.4) is 0 Å². The van der Waals surface area contributed by atoms with Crippen molar-refractivity contribution in [1.82, 2.24) is 19.6 Å². The molecule has 0 radical (unpaired) electrons. The predicted molar refractivity (Wildman–Crippen MR) is 112 cm³/mol. The molecule has 3 unspecified atom stereocenters. The number of alkyl halides is 1. The molecule has 0 amide bonds. The van der Waals surface area contributed by atoms with Crippen molar-refractivity contribution in [2.75, 3.05) is 12.3 Å². The molecule has 182 valence electrons. The van der Waals surface area contributed by atoms with E-state index < -0.39 is 50.8 Å². The summed E-state index contributed by atoms with van der Waals surface area (Å²) in [5, 5.41) is 32.1. The van der Waals surface area contributed by atoms with Gasteiger partial charge >= 0.3 is 13.4 Å². The van der Waals surface area contributed by atoms with E-state index in [-0.39, 0.29) is 34.9 Å². The monoisotopic (exact) mass is 489 g/mol. The SMILES string of the molecule is Cc1ncc(CO)c(CNP(=O)(O)OC[C@H]2O[C@@H](n3ccc(N)nc3=O)C(C)(F)C2O)c1O. The summed E-state index contributed by atoms with van der Waals surface area (Å²) in [6.45, 7) is 0.992. The van der Waals surface area contributed by atoms with E-state index >= 15 is 4.39 Å². The Balaban J connectivity index is 1.68. The Morgan fingerprint density at radius 2 is 2.18 bits per heavy atom. The van der Waals surface area contributed by atoms with E-state index in [0.29, 0.717) is 0 Å². The third kappa shape index (κ3) is 5.22. The fourth-order valence-corrected chi connectivity index (χ4v) is 4.17. The van der Waals surface area contributed by atoms with E-state index in [1.807, 2.05) is 0 Å². The van der Waals surface area contributed by atoms with Crippen LogP contribution in [0.1, 0.15) is 30.0 Å². The van der Waals surface area contributed by atoms with Crippen LogP contribution < -0.4 is 16.5 Å². The van der Waals surface area contributed by atoms with Crippen molar-refractivity contribution in [3.05, 3.63) is 45.8 Å². The number of nitrogens with two attached hydrogens (primary N) is 1. The largest absolute Gasteiger partial charge is 0.506 e. The highest BCUT2D eigenvalue weighted by atomic mass is 31.2. The number of nitrogens with one attached hydrogen (secondary N) is 1. The first-order chi connectivity index (χ1) is 15.4. The molecular weight excluding hydrogens is 464 g/mol. The maximum Gasteiger partial charge on any atom is 0.403 e. The summed E-state index contributed by atoms with van der Waals surface area (Å²) in [6.07, 6.45) is -2.32. The zero-order valence-corrected chi connectivity index (χ0v) is 18.6. The van der Waals surface area contributed by atoms with E-state index in [2.05, 4.69) is 15.1 Å². The molecule has 3 heterocycles. The first-order valence-electron chi connectivity index (χ1n) is 9.74. The number of aryl methyl sites for hydroxylation is 1. The van der Waals surface area contributed by atoms with Crippen molar-refractivity contribution in [3.8, 4) is 5.75 Å². The van der Waals surface area contributed by atoms with Crippen LogP contribution in [-0.2, 0) is 27.0 Å². The molecule has 0 saturated carbocycles. The lowest BCUT2D eigenvalue weighted by molar-refractivity contribution is -0.0593. The van der Waals surface area contributed by atoms with Crippen LogP contribution in [0.25, 0.3) is 0 Å². The Morgan fingerprint density at radius 3 is 2.82 bits per heavy atom. The van der Waals surface area contributed by atoms with Crippen LogP contribution in [0.15, 0.2) is 23.3 Å². The molecule has 1 aliphatic rings. The number of rotatable bonds is 8. The molecule has 1 aliphatic heterocycles. The van der Waals surface area contributed by atoms with Gasteiger partial charge in [-0.15, -0.1) is 0 Å². The molecular formula is C18H25FN5O8P. The Hall–Kier alpha value is -2.45. The standard InChI is InChI=1S/C18H25FN5O8P/c1-9-14(26)11(10(7-25)5-21-9)6-22-33(29,30)31-8-12-15(27)18(2,19)16(32-12)24-4-3-13(20)23-17(24)28/h3-5,12,15-16,25-27H,6-8H2,1-2H3,(H2,20,23,28)(H2,22,29,30)/t12-,15?,16-,18?/m1/s1. The van der Waals surface area contributed by atoms with Gasteiger partial charge in [-0.1, -0.05) is 0 Å². The Morgan fingerprint density at radius 1 is 1.48 bits per heavy atom. The van der Waals surface area contributed by atoms with E-state index in [0.717, 1.165) is 17.7 Å². The number of aromatic nitrogens is 3. The molecule has 7 N–H and O–H groups in total. The second-order valence-electron chi connectivity index (χ2n) is 7.67. The maximum atomic E-state index is 15.2. The fraction of sp³-hybridized carbons (Fsp3) is 0.500. The van der Waals surface area contributed by atoms with Crippen LogP contribution in [0.2, 0.25) is 0 Å². The zero-order valence-electron chi connectivity index (χ0n) is 17.8. The molecule has 0 aromatic carbocycles. The van der Waals surface area contributed by atoms with E-state index in [9.17, 15) is 29.6 Å². The van der Waals surface area contributed by atoms with Crippen LogP contribution >= 0.6 is 7.75 Å². The van der Waals surface area contributed by atoms with Crippen molar-refractivity contribution in [2.24, 2.45) is 0 Å². The number of hydrogen-bond donors (Lipinski definition) is 6. The van der Waals surface area contributed by atoms with Crippen LogP contribution in [0.5, 0.6) is 5.75 Å². The third-order valence-electron chi connectivity index (χ3n) is 5.29.